The first kappa shape index (κ1) is 21.5. The number of nitrogens with zero attached hydrogens (tertiary/aromatic N) is 2. The van der Waals surface area contributed by atoms with E-state index in [1.54, 1.807) is 23.1 Å². The first-order valence-electron chi connectivity index (χ1n) is 10.7. The molecule has 1 fully saturated rings. The molecule has 31 heavy (non-hydrogen) atoms. The number of fused-ring (bicyclic) bond motifs is 1. The van der Waals surface area contributed by atoms with Crippen molar-refractivity contribution in [3.8, 4) is 0 Å². The Kier molecular flexibility index (Phi) is 6.11. The second kappa shape index (κ2) is 8.80. The van der Waals surface area contributed by atoms with Crippen LogP contribution < -0.4 is 4.72 Å². The summed E-state index contributed by atoms with van der Waals surface area (Å²) in [6.07, 6.45) is 1.79. The number of amides is 1. The van der Waals surface area contributed by atoms with Crippen molar-refractivity contribution < 1.29 is 13.2 Å². The maximum absolute atomic E-state index is 13.4. The Morgan fingerprint density at radius 2 is 1.84 bits per heavy atom. The second-order valence-corrected chi connectivity index (χ2v) is 10.1. The monoisotopic (exact) mass is 440 g/mol. The first-order chi connectivity index (χ1) is 14.8. The van der Waals surface area contributed by atoms with Crippen molar-refractivity contribution in [3.63, 3.8) is 0 Å². The average Bonchev–Trinajstić information content (AvgIpc) is 3.22. The Labute approximate surface area is 182 Å². The first-order valence-corrected chi connectivity index (χ1v) is 12.1. The Balaban J connectivity index is 1.52. The van der Waals surface area contributed by atoms with E-state index in [0.29, 0.717) is 13.1 Å². The lowest BCUT2D eigenvalue weighted by molar-refractivity contribution is -0.135. The third-order valence-electron chi connectivity index (χ3n) is 5.80. The molecule has 164 valence electrons. The quantitative estimate of drug-likeness (QED) is 0.615. The van der Waals surface area contributed by atoms with Gasteiger partial charge in [-0.25, -0.2) is 13.4 Å². The van der Waals surface area contributed by atoms with E-state index in [0.717, 1.165) is 29.7 Å². The number of likely N-dealkylation sites (tertiary alicyclic amines) is 1. The predicted octanol–water partition coefficient (Wildman–Crippen LogP) is 3.27. The number of nitrogens with one attached hydrogen (secondary N) is 2. The van der Waals surface area contributed by atoms with Crippen molar-refractivity contribution in [2.75, 3.05) is 13.1 Å². The molecule has 0 aliphatic carbocycles. The number of aromatic amines is 1. The molecule has 0 saturated carbocycles. The van der Waals surface area contributed by atoms with Gasteiger partial charge in [-0.05, 0) is 43.0 Å². The largest absolute Gasteiger partial charge is 0.342 e. The van der Waals surface area contributed by atoms with Crippen LogP contribution in [0.5, 0.6) is 0 Å². The Hall–Kier alpha value is -2.71. The fourth-order valence-electron chi connectivity index (χ4n) is 4.07. The van der Waals surface area contributed by atoms with Crippen LogP contribution in [0.4, 0.5) is 0 Å². The van der Waals surface area contributed by atoms with Crippen LogP contribution in [0.15, 0.2) is 59.5 Å². The Bertz CT molecular complexity index is 1120. The Morgan fingerprint density at radius 1 is 1.13 bits per heavy atom. The number of H-pyrrole nitrogens is 1. The lowest BCUT2D eigenvalue weighted by Gasteiger charge is -2.35. The van der Waals surface area contributed by atoms with Crippen molar-refractivity contribution in [2.24, 2.45) is 5.92 Å². The SMILES string of the molecule is CC(C)[C@H](NS(=O)(=O)c1ccccc1)C(=O)N1CCC[C@@H](c2nc3ccccc3[nH]2)C1. The summed E-state index contributed by atoms with van der Waals surface area (Å²) in [5.74, 6) is 0.612. The van der Waals surface area contributed by atoms with E-state index in [9.17, 15) is 13.2 Å². The number of rotatable bonds is 6. The van der Waals surface area contributed by atoms with E-state index in [-0.39, 0.29) is 22.6 Å². The summed E-state index contributed by atoms with van der Waals surface area (Å²) in [6, 6.07) is 15.2. The summed E-state index contributed by atoms with van der Waals surface area (Å²) >= 11 is 0. The topological polar surface area (TPSA) is 95.2 Å². The number of sulfonamides is 1. The molecule has 3 aromatic rings. The molecule has 2 heterocycles. The van der Waals surface area contributed by atoms with Crippen LogP contribution in [0.25, 0.3) is 11.0 Å². The van der Waals surface area contributed by atoms with Gasteiger partial charge in [-0.15, -0.1) is 0 Å². The maximum Gasteiger partial charge on any atom is 0.241 e. The number of imidazole rings is 1. The fourth-order valence-corrected chi connectivity index (χ4v) is 5.43. The molecule has 7 nitrogen and oxygen atoms in total. The highest BCUT2D eigenvalue weighted by atomic mass is 32.2. The molecular formula is C23H28N4O3S. The lowest BCUT2D eigenvalue weighted by Crippen LogP contribution is -2.53. The molecule has 0 unspecified atom stereocenters. The van der Waals surface area contributed by atoms with Crippen molar-refractivity contribution in [3.05, 3.63) is 60.4 Å². The zero-order valence-corrected chi connectivity index (χ0v) is 18.6. The van der Waals surface area contributed by atoms with Crippen LogP contribution >= 0.6 is 0 Å². The molecule has 2 atom stereocenters. The minimum atomic E-state index is -3.79. The summed E-state index contributed by atoms with van der Waals surface area (Å²) < 4.78 is 28.3. The molecule has 1 aliphatic rings. The fraction of sp³-hybridized carbons (Fsp3) is 0.391. The standard InChI is InChI=1S/C23H28N4O3S/c1-16(2)21(26-31(29,30)18-10-4-3-5-11-18)23(28)27-14-8-9-17(15-27)22-24-19-12-6-7-13-20(19)25-22/h3-7,10-13,16-17,21,26H,8-9,14-15H2,1-2H3,(H,24,25)/t17-,21+/m1/s1. The third-order valence-corrected chi connectivity index (χ3v) is 7.25. The maximum atomic E-state index is 13.4. The van der Waals surface area contributed by atoms with Gasteiger partial charge in [-0.2, -0.15) is 4.72 Å². The van der Waals surface area contributed by atoms with E-state index >= 15 is 0 Å². The van der Waals surface area contributed by atoms with E-state index in [1.807, 2.05) is 38.1 Å². The number of hydrogen-bond acceptors (Lipinski definition) is 4. The summed E-state index contributed by atoms with van der Waals surface area (Å²) in [7, 11) is -3.79. The lowest BCUT2D eigenvalue weighted by atomic mass is 9.95. The summed E-state index contributed by atoms with van der Waals surface area (Å²) in [4.78, 5) is 23.4. The predicted molar refractivity (Wildman–Crippen MR) is 120 cm³/mol. The van der Waals surface area contributed by atoms with Crippen LogP contribution in [0.2, 0.25) is 0 Å². The number of para-hydroxylation sites is 2. The van der Waals surface area contributed by atoms with Gasteiger partial charge in [0.2, 0.25) is 15.9 Å². The van der Waals surface area contributed by atoms with Crippen LogP contribution in [0.3, 0.4) is 0 Å². The molecular weight excluding hydrogens is 412 g/mol. The molecule has 0 spiro atoms. The number of piperidine rings is 1. The minimum Gasteiger partial charge on any atom is -0.342 e. The molecule has 8 heteroatoms. The van der Waals surface area contributed by atoms with Gasteiger partial charge in [0.05, 0.1) is 15.9 Å². The van der Waals surface area contributed by atoms with Gasteiger partial charge in [0.1, 0.15) is 11.9 Å². The van der Waals surface area contributed by atoms with E-state index < -0.39 is 16.1 Å². The van der Waals surface area contributed by atoms with Crippen LogP contribution in [-0.2, 0) is 14.8 Å². The van der Waals surface area contributed by atoms with Gasteiger partial charge in [0, 0.05) is 19.0 Å². The van der Waals surface area contributed by atoms with Crippen LogP contribution in [-0.4, -0.2) is 48.3 Å². The van der Waals surface area contributed by atoms with Crippen molar-refractivity contribution in [1.82, 2.24) is 19.6 Å². The number of aromatic nitrogens is 2. The molecule has 1 amide bonds. The molecule has 0 radical (unpaired) electrons. The normalized spacial score (nSPS) is 18.4. The highest BCUT2D eigenvalue weighted by Crippen LogP contribution is 2.27. The number of hydrogen-bond donors (Lipinski definition) is 2. The van der Waals surface area contributed by atoms with Gasteiger partial charge in [0.15, 0.2) is 0 Å². The molecule has 1 aliphatic heterocycles. The van der Waals surface area contributed by atoms with E-state index in [2.05, 4.69) is 9.71 Å². The summed E-state index contributed by atoms with van der Waals surface area (Å²) in [5, 5.41) is 0. The van der Waals surface area contributed by atoms with Crippen molar-refractivity contribution in [1.29, 1.82) is 0 Å². The van der Waals surface area contributed by atoms with E-state index in [4.69, 9.17) is 4.98 Å². The second-order valence-electron chi connectivity index (χ2n) is 8.42. The number of carbonyl (C=O) groups is 1. The molecule has 4 rings (SSSR count). The molecule has 1 saturated heterocycles. The third kappa shape index (κ3) is 4.65. The average molecular weight is 441 g/mol. The molecule has 1 aromatic heterocycles. The molecule has 0 bridgehead atoms. The van der Waals surface area contributed by atoms with Crippen molar-refractivity contribution >= 4 is 27.0 Å². The van der Waals surface area contributed by atoms with Gasteiger partial charge in [-0.1, -0.05) is 44.2 Å². The van der Waals surface area contributed by atoms with Crippen LogP contribution in [0.1, 0.15) is 38.4 Å². The highest BCUT2D eigenvalue weighted by molar-refractivity contribution is 7.89. The zero-order chi connectivity index (χ0) is 22.0. The summed E-state index contributed by atoms with van der Waals surface area (Å²) in [6.45, 7) is 4.86. The molecule has 2 N–H and O–H groups in total. The summed E-state index contributed by atoms with van der Waals surface area (Å²) in [5.41, 5.74) is 1.90. The van der Waals surface area contributed by atoms with Gasteiger partial charge in [-0.3, -0.25) is 4.79 Å². The van der Waals surface area contributed by atoms with Crippen LogP contribution in [0, 0.1) is 5.92 Å². The van der Waals surface area contributed by atoms with Gasteiger partial charge >= 0.3 is 0 Å². The zero-order valence-electron chi connectivity index (χ0n) is 17.8. The minimum absolute atomic E-state index is 0.101. The molecule has 2 aromatic carbocycles. The Morgan fingerprint density at radius 3 is 2.55 bits per heavy atom. The number of carbonyl (C=O) groups excluding carboxylic acids is 1. The highest BCUT2D eigenvalue weighted by Gasteiger charge is 2.34. The van der Waals surface area contributed by atoms with Gasteiger partial charge < -0.3 is 9.88 Å². The van der Waals surface area contributed by atoms with E-state index in [1.165, 1.54) is 12.1 Å². The van der Waals surface area contributed by atoms with Crippen molar-refractivity contribution in [2.45, 2.75) is 43.5 Å². The number of benzene rings is 2. The smallest absolute Gasteiger partial charge is 0.241 e. The van der Waals surface area contributed by atoms with Gasteiger partial charge in [0.25, 0.3) is 0 Å².